The Labute approximate surface area is 166 Å². The van der Waals surface area contributed by atoms with Crippen LogP contribution in [-0.2, 0) is 14.8 Å². The van der Waals surface area contributed by atoms with Gasteiger partial charge < -0.3 is 4.74 Å². The molecule has 2 aliphatic rings. The second kappa shape index (κ2) is 6.92. The molecule has 0 N–H and O–H groups in total. The SMILES string of the molecule is CCC[C@H]1[C@H]2COc3ccccc3[C@H]2C(=O)N1S(=O)(=O)c1ccc(C)cc1C. The lowest BCUT2D eigenvalue weighted by Crippen LogP contribution is -2.41. The number of benzene rings is 2. The summed E-state index contributed by atoms with van der Waals surface area (Å²) in [5.41, 5.74) is 2.45. The minimum Gasteiger partial charge on any atom is -0.493 e. The van der Waals surface area contributed by atoms with Gasteiger partial charge in [0, 0.05) is 11.5 Å². The van der Waals surface area contributed by atoms with E-state index in [4.69, 9.17) is 4.74 Å². The van der Waals surface area contributed by atoms with E-state index < -0.39 is 15.9 Å². The molecule has 2 aromatic carbocycles. The number of para-hydroxylation sites is 1. The first-order valence-corrected chi connectivity index (χ1v) is 11.2. The van der Waals surface area contributed by atoms with Crippen LogP contribution in [0.1, 0.15) is 42.4 Å². The second-order valence-corrected chi connectivity index (χ2v) is 9.54. The molecule has 2 aliphatic heterocycles. The Kier molecular flexibility index (Phi) is 4.70. The summed E-state index contributed by atoms with van der Waals surface area (Å²) >= 11 is 0. The molecule has 0 aromatic heterocycles. The molecular weight excluding hydrogens is 374 g/mol. The summed E-state index contributed by atoms with van der Waals surface area (Å²) in [5.74, 6) is -0.290. The van der Waals surface area contributed by atoms with E-state index in [1.807, 2.05) is 44.2 Å². The topological polar surface area (TPSA) is 63.7 Å². The molecule has 1 saturated heterocycles. The number of amides is 1. The molecule has 0 spiro atoms. The number of carbonyl (C=O) groups excluding carboxylic acids is 1. The van der Waals surface area contributed by atoms with E-state index in [0.29, 0.717) is 24.3 Å². The largest absolute Gasteiger partial charge is 0.493 e. The van der Waals surface area contributed by atoms with Gasteiger partial charge in [-0.05, 0) is 38.0 Å². The van der Waals surface area contributed by atoms with E-state index in [0.717, 1.165) is 21.9 Å². The fourth-order valence-corrected chi connectivity index (χ4v) is 6.51. The molecule has 0 bridgehead atoms. The Morgan fingerprint density at radius 1 is 1.14 bits per heavy atom. The van der Waals surface area contributed by atoms with Crippen molar-refractivity contribution < 1.29 is 17.9 Å². The minimum atomic E-state index is -3.94. The second-order valence-electron chi connectivity index (χ2n) is 7.75. The number of ether oxygens (including phenoxy) is 1. The van der Waals surface area contributed by atoms with Crippen molar-refractivity contribution in [1.29, 1.82) is 0 Å². The molecule has 148 valence electrons. The van der Waals surface area contributed by atoms with Crippen molar-refractivity contribution in [3.05, 3.63) is 59.2 Å². The lowest BCUT2D eigenvalue weighted by atomic mass is 9.82. The Balaban J connectivity index is 1.83. The molecular formula is C22H25NO4S. The number of carbonyl (C=O) groups is 1. The number of rotatable bonds is 4. The van der Waals surface area contributed by atoms with Crippen LogP contribution in [0.15, 0.2) is 47.4 Å². The van der Waals surface area contributed by atoms with Crippen molar-refractivity contribution in [2.75, 3.05) is 6.61 Å². The maximum atomic E-state index is 13.6. The Morgan fingerprint density at radius 3 is 2.61 bits per heavy atom. The molecule has 0 unspecified atom stereocenters. The van der Waals surface area contributed by atoms with E-state index in [2.05, 4.69) is 0 Å². The Hall–Kier alpha value is -2.34. The zero-order valence-electron chi connectivity index (χ0n) is 16.4. The van der Waals surface area contributed by atoms with Gasteiger partial charge in [0.15, 0.2) is 0 Å². The third-order valence-electron chi connectivity index (χ3n) is 5.84. The van der Waals surface area contributed by atoms with E-state index in [1.54, 1.807) is 19.1 Å². The van der Waals surface area contributed by atoms with Crippen LogP contribution < -0.4 is 4.74 Å². The van der Waals surface area contributed by atoms with Gasteiger partial charge in [-0.15, -0.1) is 0 Å². The van der Waals surface area contributed by atoms with E-state index in [1.165, 1.54) is 0 Å². The van der Waals surface area contributed by atoms with Crippen molar-refractivity contribution in [2.24, 2.45) is 5.92 Å². The van der Waals surface area contributed by atoms with Gasteiger partial charge in [0.25, 0.3) is 10.0 Å². The van der Waals surface area contributed by atoms with Crippen LogP contribution in [0.25, 0.3) is 0 Å². The fraction of sp³-hybridized carbons (Fsp3) is 0.409. The highest BCUT2D eigenvalue weighted by atomic mass is 32.2. The third-order valence-corrected chi connectivity index (χ3v) is 7.83. The van der Waals surface area contributed by atoms with Crippen molar-refractivity contribution in [1.82, 2.24) is 4.31 Å². The highest BCUT2D eigenvalue weighted by Crippen LogP contribution is 2.48. The molecule has 5 nitrogen and oxygen atoms in total. The lowest BCUT2D eigenvalue weighted by molar-refractivity contribution is -0.125. The van der Waals surface area contributed by atoms with Crippen molar-refractivity contribution in [3.63, 3.8) is 0 Å². The van der Waals surface area contributed by atoms with Crippen LogP contribution in [0, 0.1) is 19.8 Å². The normalized spacial score (nSPS) is 23.9. The van der Waals surface area contributed by atoms with Crippen molar-refractivity contribution >= 4 is 15.9 Å². The maximum absolute atomic E-state index is 13.6. The average Bonchev–Trinajstić information content (AvgIpc) is 2.94. The van der Waals surface area contributed by atoms with Gasteiger partial charge in [-0.25, -0.2) is 12.7 Å². The molecule has 1 fully saturated rings. The Morgan fingerprint density at radius 2 is 1.89 bits per heavy atom. The van der Waals surface area contributed by atoms with Crippen LogP contribution in [0.2, 0.25) is 0 Å². The van der Waals surface area contributed by atoms with Crippen LogP contribution in [0.3, 0.4) is 0 Å². The number of hydrogen-bond acceptors (Lipinski definition) is 4. The first-order chi connectivity index (χ1) is 13.4. The van der Waals surface area contributed by atoms with Gasteiger partial charge in [-0.3, -0.25) is 4.79 Å². The number of hydrogen-bond donors (Lipinski definition) is 0. The highest BCUT2D eigenvalue weighted by Gasteiger charge is 2.55. The number of sulfonamides is 1. The van der Waals surface area contributed by atoms with Crippen LogP contribution in [0.5, 0.6) is 5.75 Å². The van der Waals surface area contributed by atoms with Crippen LogP contribution >= 0.6 is 0 Å². The predicted molar refractivity (Wildman–Crippen MR) is 107 cm³/mol. The fourth-order valence-electron chi connectivity index (χ4n) is 4.62. The van der Waals surface area contributed by atoms with Gasteiger partial charge in [-0.1, -0.05) is 49.2 Å². The predicted octanol–water partition coefficient (Wildman–Crippen LogP) is 3.80. The summed E-state index contributed by atoms with van der Waals surface area (Å²) in [6, 6.07) is 12.3. The summed E-state index contributed by atoms with van der Waals surface area (Å²) in [4.78, 5) is 13.7. The molecule has 2 heterocycles. The molecule has 3 atom stereocenters. The van der Waals surface area contributed by atoms with E-state index in [-0.39, 0.29) is 22.8 Å². The first-order valence-electron chi connectivity index (χ1n) is 9.73. The lowest BCUT2D eigenvalue weighted by Gasteiger charge is -2.30. The summed E-state index contributed by atoms with van der Waals surface area (Å²) in [6.45, 7) is 6.07. The van der Waals surface area contributed by atoms with Crippen LogP contribution in [0.4, 0.5) is 0 Å². The monoisotopic (exact) mass is 399 g/mol. The van der Waals surface area contributed by atoms with Gasteiger partial charge in [-0.2, -0.15) is 0 Å². The molecule has 0 radical (unpaired) electrons. The molecule has 0 aliphatic carbocycles. The molecule has 6 heteroatoms. The zero-order valence-corrected chi connectivity index (χ0v) is 17.2. The maximum Gasteiger partial charge on any atom is 0.267 e. The summed E-state index contributed by atoms with van der Waals surface area (Å²) < 4.78 is 34.2. The van der Waals surface area contributed by atoms with Gasteiger partial charge in [0.2, 0.25) is 5.91 Å². The molecule has 28 heavy (non-hydrogen) atoms. The number of aryl methyl sites for hydroxylation is 2. The summed E-state index contributed by atoms with van der Waals surface area (Å²) in [5, 5.41) is 0. The average molecular weight is 400 g/mol. The third kappa shape index (κ3) is 2.82. The Bertz CT molecular complexity index is 1030. The van der Waals surface area contributed by atoms with Gasteiger partial charge in [0.05, 0.1) is 23.5 Å². The highest BCUT2D eigenvalue weighted by molar-refractivity contribution is 7.89. The van der Waals surface area contributed by atoms with Crippen LogP contribution in [-0.4, -0.2) is 31.3 Å². The molecule has 1 amide bonds. The molecule has 2 aromatic rings. The van der Waals surface area contributed by atoms with E-state index in [9.17, 15) is 13.2 Å². The number of nitrogens with zero attached hydrogens (tertiary/aromatic N) is 1. The van der Waals surface area contributed by atoms with Gasteiger partial charge >= 0.3 is 0 Å². The number of fused-ring (bicyclic) bond motifs is 3. The standard InChI is InChI=1S/C22H25NO4S/c1-4-7-18-17-13-27-19-9-6-5-8-16(19)21(17)22(24)23(18)28(25,26)20-11-10-14(2)12-15(20)3/h5-6,8-12,17-18,21H,4,7,13H2,1-3H3/t17-,18+,21-/m1/s1. The summed E-state index contributed by atoms with van der Waals surface area (Å²) in [7, 11) is -3.94. The van der Waals surface area contributed by atoms with Crippen molar-refractivity contribution in [2.45, 2.75) is 50.5 Å². The van der Waals surface area contributed by atoms with Crippen molar-refractivity contribution in [3.8, 4) is 5.75 Å². The summed E-state index contributed by atoms with van der Waals surface area (Å²) in [6.07, 6.45) is 1.42. The first kappa shape index (κ1) is 19.0. The molecule has 0 saturated carbocycles. The van der Waals surface area contributed by atoms with E-state index >= 15 is 0 Å². The quantitative estimate of drug-likeness (QED) is 0.785. The molecule has 4 rings (SSSR count). The van der Waals surface area contributed by atoms with Gasteiger partial charge in [0.1, 0.15) is 5.75 Å². The minimum absolute atomic E-state index is 0.164. The smallest absolute Gasteiger partial charge is 0.267 e. The zero-order chi connectivity index (χ0) is 20.1.